The first kappa shape index (κ1) is 10.4. The predicted octanol–water partition coefficient (Wildman–Crippen LogP) is 1.44. The van der Waals surface area contributed by atoms with Gasteiger partial charge in [0.2, 0.25) is 0 Å². The van der Waals surface area contributed by atoms with Gasteiger partial charge in [0.05, 0.1) is 0 Å². The number of halogens is 1. The number of nitrogens with one attached hydrogen (secondary N) is 2. The molecule has 2 rings (SSSR count). The third kappa shape index (κ3) is 2.26. The van der Waals surface area contributed by atoms with Crippen LogP contribution in [0.4, 0.5) is 0 Å². The quantitative estimate of drug-likeness (QED) is 0.809. The van der Waals surface area contributed by atoms with Crippen molar-refractivity contribution in [1.29, 1.82) is 0 Å². The molecule has 0 radical (unpaired) electrons. The molecule has 5 heteroatoms. The second-order valence-corrected chi connectivity index (χ2v) is 5.34. The molecule has 1 aliphatic heterocycles. The highest BCUT2D eigenvalue weighted by Crippen LogP contribution is 2.18. The summed E-state index contributed by atoms with van der Waals surface area (Å²) in [5.74, 6) is 0.0677. The lowest BCUT2D eigenvalue weighted by Crippen LogP contribution is -2.36. The van der Waals surface area contributed by atoms with Gasteiger partial charge in [-0.2, -0.15) is 0 Å². The van der Waals surface area contributed by atoms with Crippen molar-refractivity contribution in [1.82, 2.24) is 10.6 Å². The summed E-state index contributed by atoms with van der Waals surface area (Å²) >= 11 is 3.69. The van der Waals surface area contributed by atoms with Crippen LogP contribution in [0.1, 0.15) is 16.1 Å². The van der Waals surface area contributed by atoms with Crippen molar-refractivity contribution in [3.8, 4) is 0 Å². The Labute approximate surface area is 100 Å². The molecule has 76 valence electrons. The number of carbonyl (C=O) groups excluding carboxylic acids is 1. The number of carbonyl (C=O) groups is 1. The average molecular weight is 322 g/mol. The van der Waals surface area contributed by atoms with Gasteiger partial charge in [-0.1, -0.05) is 0 Å². The Kier molecular flexibility index (Phi) is 3.40. The van der Waals surface area contributed by atoms with E-state index in [2.05, 4.69) is 33.2 Å². The van der Waals surface area contributed by atoms with E-state index in [1.807, 2.05) is 11.4 Å². The molecular formula is C9H11IN2OS. The van der Waals surface area contributed by atoms with Gasteiger partial charge in [0.15, 0.2) is 0 Å². The lowest BCUT2D eigenvalue weighted by atomic mass is 10.2. The molecule has 1 aliphatic rings. The zero-order valence-electron chi connectivity index (χ0n) is 7.55. The molecule has 0 aromatic carbocycles. The fourth-order valence-corrected chi connectivity index (χ4v) is 3.22. The van der Waals surface area contributed by atoms with Crippen LogP contribution in [0.2, 0.25) is 0 Å². The highest BCUT2D eigenvalue weighted by Gasteiger charge is 2.19. The smallest absolute Gasteiger partial charge is 0.262 e. The second kappa shape index (κ2) is 4.59. The number of rotatable bonds is 2. The van der Waals surface area contributed by atoms with Crippen LogP contribution >= 0.6 is 33.9 Å². The van der Waals surface area contributed by atoms with E-state index in [0.29, 0.717) is 6.04 Å². The van der Waals surface area contributed by atoms with Gasteiger partial charge in [0, 0.05) is 16.2 Å². The molecular weight excluding hydrogens is 311 g/mol. The molecule has 1 saturated heterocycles. The first-order valence-electron chi connectivity index (χ1n) is 4.52. The van der Waals surface area contributed by atoms with E-state index in [-0.39, 0.29) is 5.91 Å². The monoisotopic (exact) mass is 322 g/mol. The Balaban J connectivity index is 1.98. The number of hydrogen-bond acceptors (Lipinski definition) is 3. The van der Waals surface area contributed by atoms with E-state index in [9.17, 15) is 4.79 Å². The topological polar surface area (TPSA) is 41.1 Å². The normalized spacial score (nSPS) is 21.1. The van der Waals surface area contributed by atoms with Gasteiger partial charge < -0.3 is 10.6 Å². The first-order chi connectivity index (χ1) is 6.77. The van der Waals surface area contributed by atoms with Gasteiger partial charge in [-0.05, 0) is 47.0 Å². The third-order valence-electron chi connectivity index (χ3n) is 2.22. The molecule has 0 aliphatic carbocycles. The molecule has 3 nitrogen and oxygen atoms in total. The summed E-state index contributed by atoms with van der Waals surface area (Å²) in [4.78, 5) is 12.6. The summed E-state index contributed by atoms with van der Waals surface area (Å²) in [7, 11) is 0. The lowest BCUT2D eigenvalue weighted by Gasteiger charge is -2.10. The molecule has 1 amide bonds. The standard InChI is InChI=1S/C9H11IN2OS/c10-7-2-4-14-8(7)9(13)12-6-1-3-11-5-6/h2,4,6,11H,1,3,5H2,(H,12,13)/t6-/m0/s1. The molecule has 14 heavy (non-hydrogen) atoms. The lowest BCUT2D eigenvalue weighted by molar-refractivity contribution is 0.0943. The third-order valence-corrected chi connectivity index (χ3v) is 4.40. The molecule has 1 aromatic rings. The van der Waals surface area contributed by atoms with Crippen molar-refractivity contribution in [3.63, 3.8) is 0 Å². The van der Waals surface area contributed by atoms with Crippen molar-refractivity contribution in [3.05, 3.63) is 19.9 Å². The highest BCUT2D eigenvalue weighted by atomic mass is 127. The van der Waals surface area contributed by atoms with Gasteiger partial charge in [-0.3, -0.25) is 4.79 Å². The van der Waals surface area contributed by atoms with E-state index in [1.165, 1.54) is 11.3 Å². The molecule has 0 unspecified atom stereocenters. The van der Waals surface area contributed by atoms with Crippen LogP contribution in [0.3, 0.4) is 0 Å². The summed E-state index contributed by atoms with van der Waals surface area (Å²) in [6.07, 6.45) is 1.04. The average Bonchev–Trinajstić information content (AvgIpc) is 2.75. The number of thiophene rings is 1. The Morgan fingerprint density at radius 1 is 1.71 bits per heavy atom. The van der Waals surface area contributed by atoms with E-state index < -0.39 is 0 Å². The van der Waals surface area contributed by atoms with Gasteiger partial charge >= 0.3 is 0 Å². The minimum Gasteiger partial charge on any atom is -0.347 e. The van der Waals surface area contributed by atoms with E-state index >= 15 is 0 Å². The highest BCUT2D eigenvalue weighted by molar-refractivity contribution is 14.1. The molecule has 0 saturated carbocycles. The van der Waals surface area contributed by atoms with Crippen molar-refractivity contribution in [2.75, 3.05) is 13.1 Å². The second-order valence-electron chi connectivity index (χ2n) is 3.26. The maximum atomic E-state index is 11.7. The summed E-state index contributed by atoms with van der Waals surface area (Å²) in [6.45, 7) is 1.90. The zero-order chi connectivity index (χ0) is 9.97. The van der Waals surface area contributed by atoms with Crippen LogP contribution in [0.25, 0.3) is 0 Å². The fourth-order valence-electron chi connectivity index (χ4n) is 1.48. The van der Waals surface area contributed by atoms with Crippen LogP contribution in [0.5, 0.6) is 0 Å². The van der Waals surface area contributed by atoms with Crippen LogP contribution in [0, 0.1) is 3.57 Å². The van der Waals surface area contributed by atoms with Crippen LogP contribution in [-0.4, -0.2) is 25.0 Å². The van der Waals surface area contributed by atoms with Gasteiger partial charge in [-0.25, -0.2) is 0 Å². The maximum absolute atomic E-state index is 11.7. The molecule has 2 N–H and O–H groups in total. The van der Waals surface area contributed by atoms with Gasteiger partial charge in [0.1, 0.15) is 4.88 Å². The fraction of sp³-hybridized carbons (Fsp3) is 0.444. The van der Waals surface area contributed by atoms with E-state index in [4.69, 9.17) is 0 Å². The van der Waals surface area contributed by atoms with Gasteiger partial charge in [-0.15, -0.1) is 11.3 Å². The van der Waals surface area contributed by atoms with Crippen molar-refractivity contribution in [2.24, 2.45) is 0 Å². The van der Waals surface area contributed by atoms with Crippen molar-refractivity contribution in [2.45, 2.75) is 12.5 Å². The minimum absolute atomic E-state index is 0.0677. The molecule has 0 bridgehead atoms. The predicted molar refractivity (Wildman–Crippen MR) is 65.8 cm³/mol. The number of amides is 1. The zero-order valence-corrected chi connectivity index (χ0v) is 10.5. The Hall–Kier alpha value is -0.140. The largest absolute Gasteiger partial charge is 0.347 e. The summed E-state index contributed by atoms with van der Waals surface area (Å²) in [5, 5.41) is 8.20. The molecule has 1 aromatic heterocycles. The molecule has 1 fully saturated rings. The van der Waals surface area contributed by atoms with Crippen LogP contribution < -0.4 is 10.6 Å². The first-order valence-corrected chi connectivity index (χ1v) is 6.48. The van der Waals surface area contributed by atoms with Crippen molar-refractivity contribution < 1.29 is 4.79 Å². The summed E-state index contributed by atoms with van der Waals surface area (Å²) < 4.78 is 1.04. The molecule has 1 atom stereocenters. The van der Waals surface area contributed by atoms with Crippen LogP contribution in [-0.2, 0) is 0 Å². The Morgan fingerprint density at radius 3 is 3.14 bits per heavy atom. The molecule has 2 heterocycles. The maximum Gasteiger partial charge on any atom is 0.262 e. The Bertz CT molecular complexity index is 333. The number of hydrogen-bond donors (Lipinski definition) is 2. The van der Waals surface area contributed by atoms with E-state index in [1.54, 1.807) is 0 Å². The summed E-state index contributed by atoms with van der Waals surface area (Å²) in [6, 6.07) is 2.27. The van der Waals surface area contributed by atoms with Gasteiger partial charge in [0.25, 0.3) is 5.91 Å². The van der Waals surface area contributed by atoms with Crippen molar-refractivity contribution >= 4 is 39.8 Å². The minimum atomic E-state index is 0.0677. The van der Waals surface area contributed by atoms with E-state index in [0.717, 1.165) is 28.0 Å². The Morgan fingerprint density at radius 2 is 2.57 bits per heavy atom. The SMILES string of the molecule is O=C(N[C@H]1CCNC1)c1sccc1I. The summed E-state index contributed by atoms with van der Waals surface area (Å²) in [5.41, 5.74) is 0. The van der Waals surface area contributed by atoms with Crippen LogP contribution in [0.15, 0.2) is 11.4 Å². The molecule has 0 spiro atoms.